The van der Waals surface area contributed by atoms with Gasteiger partial charge in [-0.25, -0.2) is 0 Å². The molecule has 0 unspecified atom stereocenters. The summed E-state index contributed by atoms with van der Waals surface area (Å²) < 4.78 is 15.7. The summed E-state index contributed by atoms with van der Waals surface area (Å²) in [5.74, 6) is 2.10. The van der Waals surface area contributed by atoms with Crippen molar-refractivity contribution in [3.8, 4) is 23.0 Å². The van der Waals surface area contributed by atoms with Crippen LogP contribution < -0.4 is 15.2 Å². The normalized spacial score (nSPS) is 11.4. The topological polar surface area (TPSA) is 83.4 Å². The molecule has 0 saturated carbocycles. The second kappa shape index (κ2) is 4.89. The minimum atomic E-state index is -0.659. The summed E-state index contributed by atoms with van der Waals surface area (Å²) in [7, 11) is 3.17. The zero-order chi connectivity index (χ0) is 14.0. The number of nitrogens with two attached hydrogens (primary N) is 1. The molecule has 2 N–H and O–H groups in total. The lowest BCUT2D eigenvalue weighted by atomic mass is 10.1. The van der Waals surface area contributed by atoms with Gasteiger partial charge in [-0.15, -0.1) is 0 Å². The molecule has 0 amide bonds. The first-order valence-corrected chi connectivity index (χ1v) is 5.81. The Labute approximate surface area is 111 Å². The maximum Gasteiger partial charge on any atom is 0.261 e. The zero-order valence-corrected chi connectivity index (χ0v) is 11.4. The van der Waals surface area contributed by atoms with Crippen LogP contribution in [-0.2, 0) is 5.54 Å². The summed E-state index contributed by atoms with van der Waals surface area (Å²) in [5, 5.41) is 3.89. The Balaban J connectivity index is 2.48. The molecule has 0 radical (unpaired) electrons. The number of nitrogens with zero attached hydrogens (tertiary/aromatic N) is 2. The molecule has 1 aromatic heterocycles. The third kappa shape index (κ3) is 2.68. The highest BCUT2D eigenvalue weighted by atomic mass is 16.5. The average Bonchev–Trinajstić information content (AvgIpc) is 2.87. The van der Waals surface area contributed by atoms with E-state index in [0.717, 1.165) is 0 Å². The number of hydrogen-bond acceptors (Lipinski definition) is 6. The van der Waals surface area contributed by atoms with Gasteiger partial charge in [-0.3, -0.25) is 0 Å². The van der Waals surface area contributed by atoms with Crippen molar-refractivity contribution in [3.63, 3.8) is 0 Å². The number of benzene rings is 1. The van der Waals surface area contributed by atoms with Gasteiger partial charge in [-0.05, 0) is 32.0 Å². The number of methoxy groups -OCH3 is 2. The highest BCUT2D eigenvalue weighted by Gasteiger charge is 2.23. The van der Waals surface area contributed by atoms with Crippen molar-refractivity contribution in [3.05, 3.63) is 24.0 Å². The fourth-order valence-corrected chi connectivity index (χ4v) is 1.58. The second-order valence-corrected chi connectivity index (χ2v) is 4.71. The average molecular weight is 263 g/mol. The summed E-state index contributed by atoms with van der Waals surface area (Å²) in [6.07, 6.45) is 0. The van der Waals surface area contributed by atoms with Gasteiger partial charge in [0.1, 0.15) is 11.5 Å². The molecule has 2 rings (SSSR count). The van der Waals surface area contributed by atoms with Crippen LogP contribution in [0.15, 0.2) is 22.7 Å². The quantitative estimate of drug-likeness (QED) is 0.907. The summed E-state index contributed by atoms with van der Waals surface area (Å²) in [6, 6.07) is 5.36. The molecule has 1 heterocycles. The van der Waals surface area contributed by atoms with Gasteiger partial charge in [0.05, 0.1) is 25.3 Å². The predicted octanol–water partition coefficient (Wildman–Crippen LogP) is 1.95. The Morgan fingerprint density at radius 2 is 1.95 bits per heavy atom. The lowest BCUT2D eigenvalue weighted by molar-refractivity contribution is 0.387. The maximum atomic E-state index is 5.93. The summed E-state index contributed by atoms with van der Waals surface area (Å²) >= 11 is 0. The molecule has 0 atom stereocenters. The van der Waals surface area contributed by atoms with Crippen molar-refractivity contribution in [1.29, 1.82) is 0 Å². The largest absolute Gasteiger partial charge is 0.497 e. The smallest absolute Gasteiger partial charge is 0.261 e. The van der Waals surface area contributed by atoms with Gasteiger partial charge in [0.2, 0.25) is 0 Å². The lowest BCUT2D eigenvalue weighted by Gasteiger charge is -2.11. The van der Waals surface area contributed by atoms with E-state index in [2.05, 4.69) is 10.1 Å². The number of ether oxygens (including phenoxy) is 2. The molecule has 0 bridgehead atoms. The van der Waals surface area contributed by atoms with Gasteiger partial charge in [-0.2, -0.15) is 4.98 Å². The van der Waals surface area contributed by atoms with Crippen molar-refractivity contribution in [2.45, 2.75) is 19.4 Å². The van der Waals surface area contributed by atoms with E-state index in [1.54, 1.807) is 32.4 Å². The fraction of sp³-hybridized carbons (Fsp3) is 0.385. The first-order valence-electron chi connectivity index (χ1n) is 5.81. The van der Waals surface area contributed by atoms with E-state index in [1.807, 2.05) is 13.8 Å². The number of rotatable bonds is 4. The Kier molecular flexibility index (Phi) is 3.44. The Hall–Kier alpha value is -2.08. The van der Waals surface area contributed by atoms with Crippen molar-refractivity contribution in [1.82, 2.24) is 10.1 Å². The van der Waals surface area contributed by atoms with Crippen molar-refractivity contribution >= 4 is 0 Å². The van der Waals surface area contributed by atoms with E-state index in [4.69, 9.17) is 19.7 Å². The maximum absolute atomic E-state index is 5.93. The molecule has 0 spiro atoms. The van der Waals surface area contributed by atoms with Crippen LogP contribution in [0.1, 0.15) is 19.7 Å². The summed E-state index contributed by atoms with van der Waals surface area (Å²) in [4.78, 5) is 4.30. The van der Waals surface area contributed by atoms with E-state index < -0.39 is 5.54 Å². The highest BCUT2D eigenvalue weighted by Crippen LogP contribution is 2.32. The first-order chi connectivity index (χ1) is 8.95. The molecule has 102 valence electrons. The van der Waals surface area contributed by atoms with Gasteiger partial charge in [0, 0.05) is 0 Å². The molecule has 0 fully saturated rings. The van der Waals surface area contributed by atoms with Crippen LogP contribution in [0, 0.1) is 0 Å². The molecule has 0 aliphatic rings. The molecule has 2 aromatic rings. The lowest BCUT2D eigenvalue weighted by Crippen LogP contribution is -2.30. The Morgan fingerprint density at radius 3 is 2.47 bits per heavy atom. The monoisotopic (exact) mass is 263 g/mol. The molecule has 0 saturated heterocycles. The predicted molar refractivity (Wildman–Crippen MR) is 70.1 cm³/mol. The molecule has 0 aliphatic carbocycles. The van der Waals surface area contributed by atoms with Gasteiger partial charge in [-0.1, -0.05) is 5.16 Å². The van der Waals surface area contributed by atoms with E-state index in [1.165, 1.54) is 0 Å². The zero-order valence-electron chi connectivity index (χ0n) is 11.4. The summed E-state index contributed by atoms with van der Waals surface area (Å²) in [6.45, 7) is 3.62. The standard InChI is InChI=1S/C13H17N3O3/c1-13(2,14)12-15-11(19-16-12)9-7-8(17-3)5-6-10(9)18-4/h5-7H,14H2,1-4H3. The molecular weight excluding hydrogens is 246 g/mol. The number of hydrogen-bond donors (Lipinski definition) is 1. The minimum absolute atomic E-state index is 0.351. The Morgan fingerprint density at radius 1 is 1.21 bits per heavy atom. The Bertz CT molecular complexity index is 573. The third-order valence-corrected chi connectivity index (χ3v) is 2.64. The van der Waals surface area contributed by atoms with Crippen LogP contribution in [0.25, 0.3) is 11.5 Å². The molecule has 6 heteroatoms. The second-order valence-electron chi connectivity index (χ2n) is 4.71. The van der Waals surface area contributed by atoms with Crippen molar-refractivity contribution in [2.24, 2.45) is 5.73 Å². The van der Waals surface area contributed by atoms with Crippen molar-refractivity contribution in [2.75, 3.05) is 14.2 Å². The molecule has 1 aromatic carbocycles. The molecular formula is C13H17N3O3. The van der Waals surface area contributed by atoms with Crippen LogP contribution in [0.2, 0.25) is 0 Å². The fourth-order valence-electron chi connectivity index (χ4n) is 1.58. The first kappa shape index (κ1) is 13.4. The van der Waals surface area contributed by atoms with E-state index in [9.17, 15) is 0 Å². The van der Waals surface area contributed by atoms with E-state index >= 15 is 0 Å². The molecule has 19 heavy (non-hydrogen) atoms. The van der Waals surface area contributed by atoms with Gasteiger partial charge < -0.3 is 19.7 Å². The highest BCUT2D eigenvalue weighted by molar-refractivity contribution is 5.65. The van der Waals surface area contributed by atoms with Crippen LogP contribution in [0.5, 0.6) is 11.5 Å². The van der Waals surface area contributed by atoms with Crippen LogP contribution >= 0.6 is 0 Å². The molecule has 6 nitrogen and oxygen atoms in total. The van der Waals surface area contributed by atoms with Crippen LogP contribution in [-0.4, -0.2) is 24.4 Å². The number of aromatic nitrogens is 2. The van der Waals surface area contributed by atoms with Gasteiger partial charge in [0.25, 0.3) is 5.89 Å². The minimum Gasteiger partial charge on any atom is -0.497 e. The van der Waals surface area contributed by atoms with Crippen LogP contribution in [0.4, 0.5) is 0 Å². The summed E-state index contributed by atoms with van der Waals surface area (Å²) in [5.41, 5.74) is 5.95. The van der Waals surface area contributed by atoms with Crippen molar-refractivity contribution < 1.29 is 14.0 Å². The van der Waals surface area contributed by atoms with Crippen LogP contribution in [0.3, 0.4) is 0 Å². The van der Waals surface area contributed by atoms with E-state index in [-0.39, 0.29) is 0 Å². The van der Waals surface area contributed by atoms with Gasteiger partial charge >= 0.3 is 0 Å². The SMILES string of the molecule is COc1ccc(OC)c(-c2nc(C(C)(C)N)no2)c1. The van der Waals surface area contributed by atoms with E-state index in [0.29, 0.717) is 28.8 Å². The third-order valence-electron chi connectivity index (χ3n) is 2.64. The van der Waals surface area contributed by atoms with Gasteiger partial charge in [0.15, 0.2) is 5.82 Å². The molecule has 0 aliphatic heterocycles.